The minimum Gasteiger partial charge on any atom is -0.123 e. The van der Waals surface area contributed by atoms with E-state index in [2.05, 4.69) is 0 Å². The Bertz CT molecular complexity index is 97.2. The monoisotopic (exact) mass is 153 g/mol. The van der Waals surface area contributed by atoms with Crippen molar-refractivity contribution in [3.63, 3.8) is 0 Å². The van der Waals surface area contributed by atoms with Crippen LogP contribution in [0.15, 0.2) is 11.6 Å². The van der Waals surface area contributed by atoms with E-state index in [9.17, 15) is 0 Å². The van der Waals surface area contributed by atoms with Crippen LogP contribution in [0.5, 0.6) is 0 Å². The molecular weight excluding hydrogens is 143 g/mol. The van der Waals surface area contributed by atoms with Gasteiger partial charge in [-0.2, -0.15) is 0 Å². The van der Waals surface area contributed by atoms with Crippen LogP contribution in [0.25, 0.3) is 0 Å². The number of alkyl halides is 1. The Morgan fingerprint density at radius 1 is 1.88 bits per heavy atom. The van der Waals surface area contributed by atoms with Gasteiger partial charge in [0.05, 0.1) is 1.37 Å². The number of halogens is 2. The van der Waals surface area contributed by atoms with Crippen LogP contribution < -0.4 is 0 Å². The summed E-state index contributed by atoms with van der Waals surface area (Å²) in [6, 6.07) is 0. The SMILES string of the molecule is [2H]C(Cl)=CCC(Cl)CC. The minimum atomic E-state index is 0.0779. The quantitative estimate of drug-likeness (QED) is 0.547. The summed E-state index contributed by atoms with van der Waals surface area (Å²) >= 11 is 11.0. The third-order valence-electron chi connectivity index (χ3n) is 0.894. The summed E-state index contributed by atoms with van der Waals surface area (Å²) in [7, 11) is 0. The van der Waals surface area contributed by atoms with Crippen LogP contribution in [0.2, 0.25) is 0 Å². The van der Waals surface area contributed by atoms with Gasteiger partial charge in [0.1, 0.15) is 0 Å². The van der Waals surface area contributed by atoms with Crippen LogP contribution in [0, 0.1) is 0 Å². The maximum Gasteiger partial charge on any atom is 0.0752 e. The average molecular weight is 154 g/mol. The fourth-order valence-electron chi connectivity index (χ4n) is 0.339. The van der Waals surface area contributed by atoms with E-state index in [-0.39, 0.29) is 10.9 Å². The van der Waals surface area contributed by atoms with Gasteiger partial charge in [0, 0.05) is 10.9 Å². The molecular formula is C6H10Cl2. The van der Waals surface area contributed by atoms with Crippen LogP contribution in [0.4, 0.5) is 0 Å². The first-order valence-corrected chi connectivity index (χ1v) is 3.44. The molecule has 0 aliphatic rings. The van der Waals surface area contributed by atoms with E-state index >= 15 is 0 Å². The van der Waals surface area contributed by atoms with Crippen LogP contribution in [-0.4, -0.2) is 5.38 Å². The Kier molecular flexibility index (Phi) is 4.39. The van der Waals surface area contributed by atoms with Crippen LogP contribution in [-0.2, 0) is 0 Å². The van der Waals surface area contributed by atoms with Crippen LogP contribution in [0.3, 0.4) is 0 Å². The second kappa shape index (κ2) is 5.46. The van der Waals surface area contributed by atoms with Crippen LogP contribution >= 0.6 is 23.2 Å². The predicted molar refractivity (Wildman–Crippen MR) is 39.5 cm³/mol. The van der Waals surface area contributed by atoms with Crippen molar-refractivity contribution >= 4 is 23.2 Å². The van der Waals surface area contributed by atoms with E-state index in [1.165, 1.54) is 0 Å². The standard InChI is InChI=1S/C6H10Cl2/c1-2-6(8)4-3-5-7/h3,5-6H,2,4H2,1H3/i5D. The zero-order valence-electron chi connectivity index (χ0n) is 5.82. The highest BCUT2D eigenvalue weighted by molar-refractivity contribution is 6.25. The van der Waals surface area contributed by atoms with E-state index in [0.717, 1.165) is 6.42 Å². The number of rotatable bonds is 3. The zero-order valence-corrected chi connectivity index (χ0v) is 6.34. The summed E-state index contributed by atoms with van der Waals surface area (Å²) in [4.78, 5) is 0. The molecule has 0 saturated heterocycles. The zero-order chi connectivity index (χ0) is 7.28. The topological polar surface area (TPSA) is 0 Å². The third kappa shape index (κ3) is 4.48. The maximum absolute atomic E-state index is 6.81. The molecule has 1 atom stereocenters. The fraction of sp³-hybridized carbons (Fsp3) is 0.667. The molecule has 0 N–H and O–H groups in total. The average Bonchev–Trinajstić information content (AvgIpc) is 1.83. The lowest BCUT2D eigenvalue weighted by Crippen LogP contribution is -1.90. The summed E-state index contributed by atoms with van der Waals surface area (Å²) in [6.07, 6.45) is 3.23. The first-order chi connectivity index (χ1) is 4.16. The Hall–Kier alpha value is 0.320. The summed E-state index contributed by atoms with van der Waals surface area (Å²) in [5.41, 5.74) is 0.0779. The lowest BCUT2D eigenvalue weighted by Gasteiger charge is -1.97. The smallest absolute Gasteiger partial charge is 0.0752 e. The molecule has 0 nitrogen and oxygen atoms in total. The Balaban J connectivity index is 3.37. The third-order valence-corrected chi connectivity index (χ3v) is 1.53. The van der Waals surface area contributed by atoms with Gasteiger partial charge in [-0.05, 0) is 12.8 Å². The summed E-state index contributed by atoms with van der Waals surface area (Å²) < 4.78 is 6.81. The summed E-state index contributed by atoms with van der Waals surface area (Å²) in [5.74, 6) is 0. The van der Waals surface area contributed by atoms with Crippen molar-refractivity contribution in [2.45, 2.75) is 25.1 Å². The summed E-state index contributed by atoms with van der Waals surface area (Å²) in [6.45, 7) is 2.00. The Morgan fingerprint density at radius 2 is 2.50 bits per heavy atom. The number of allylic oxidation sites excluding steroid dienone is 1. The lowest BCUT2D eigenvalue weighted by atomic mass is 10.2. The predicted octanol–water partition coefficient (Wildman–Crippen LogP) is 3.15. The summed E-state index contributed by atoms with van der Waals surface area (Å²) in [5, 5.41) is 0.129. The van der Waals surface area contributed by atoms with Gasteiger partial charge in [-0.25, -0.2) is 0 Å². The van der Waals surface area contributed by atoms with Gasteiger partial charge in [0.2, 0.25) is 0 Å². The molecule has 2 heteroatoms. The second-order valence-corrected chi connectivity index (χ2v) is 2.39. The molecule has 8 heavy (non-hydrogen) atoms. The Labute approximate surface area is 61.9 Å². The molecule has 48 valence electrons. The van der Waals surface area contributed by atoms with Crippen molar-refractivity contribution in [2.24, 2.45) is 0 Å². The molecule has 0 aliphatic heterocycles. The van der Waals surface area contributed by atoms with E-state index in [4.69, 9.17) is 24.6 Å². The van der Waals surface area contributed by atoms with Gasteiger partial charge in [-0.1, -0.05) is 24.6 Å². The van der Waals surface area contributed by atoms with Crippen molar-refractivity contribution in [3.05, 3.63) is 11.6 Å². The largest absolute Gasteiger partial charge is 0.123 e. The van der Waals surface area contributed by atoms with Gasteiger partial charge in [-0.15, -0.1) is 11.6 Å². The molecule has 0 radical (unpaired) electrons. The van der Waals surface area contributed by atoms with Gasteiger partial charge < -0.3 is 0 Å². The Morgan fingerprint density at radius 3 is 2.88 bits per heavy atom. The molecule has 0 aromatic rings. The fourth-order valence-corrected chi connectivity index (χ4v) is 0.517. The van der Waals surface area contributed by atoms with Gasteiger partial charge >= 0.3 is 0 Å². The molecule has 1 unspecified atom stereocenters. The molecule has 0 fully saturated rings. The number of hydrogen-bond donors (Lipinski definition) is 0. The van der Waals surface area contributed by atoms with Gasteiger partial charge in [-0.3, -0.25) is 0 Å². The van der Waals surface area contributed by atoms with E-state index in [0.29, 0.717) is 6.42 Å². The minimum absolute atomic E-state index is 0.0779. The first kappa shape index (κ1) is 6.44. The second-order valence-electron chi connectivity index (χ2n) is 1.55. The molecule has 0 rings (SSSR count). The normalized spacial score (nSPS) is 17.9. The van der Waals surface area contributed by atoms with Crippen LogP contribution in [0.1, 0.15) is 21.1 Å². The maximum atomic E-state index is 6.81. The van der Waals surface area contributed by atoms with E-state index in [1.54, 1.807) is 6.08 Å². The van der Waals surface area contributed by atoms with Crippen molar-refractivity contribution < 1.29 is 1.37 Å². The van der Waals surface area contributed by atoms with Crippen molar-refractivity contribution in [2.75, 3.05) is 0 Å². The van der Waals surface area contributed by atoms with E-state index < -0.39 is 0 Å². The van der Waals surface area contributed by atoms with Gasteiger partial charge in [0.15, 0.2) is 0 Å². The lowest BCUT2D eigenvalue weighted by molar-refractivity contribution is 0.826. The molecule has 0 aromatic carbocycles. The highest BCUT2D eigenvalue weighted by Crippen LogP contribution is 2.06. The molecule has 0 aromatic heterocycles. The molecule has 0 bridgehead atoms. The molecule has 0 amide bonds. The highest BCUT2D eigenvalue weighted by atomic mass is 35.5. The highest BCUT2D eigenvalue weighted by Gasteiger charge is 1.94. The molecule has 0 spiro atoms. The van der Waals surface area contributed by atoms with Crippen molar-refractivity contribution in [1.29, 1.82) is 0 Å². The number of hydrogen-bond acceptors (Lipinski definition) is 0. The van der Waals surface area contributed by atoms with Crippen molar-refractivity contribution in [3.8, 4) is 0 Å². The first-order valence-electron chi connectivity index (χ1n) is 3.13. The molecule has 0 heterocycles. The molecule has 0 saturated carbocycles. The van der Waals surface area contributed by atoms with E-state index in [1.807, 2.05) is 6.92 Å². The molecule has 0 aliphatic carbocycles. The van der Waals surface area contributed by atoms with Gasteiger partial charge in [0.25, 0.3) is 0 Å². The van der Waals surface area contributed by atoms with Crippen molar-refractivity contribution in [1.82, 2.24) is 0 Å².